The highest BCUT2D eigenvalue weighted by atomic mass is 19.1. The molecule has 2 aromatic heterocycles. The molecule has 3 heterocycles. The van der Waals surface area contributed by atoms with Crippen molar-refractivity contribution < 1.29 is 23.5 Å². The molecule has 4 rings (SSSR count). The highest BCUT2D eigenvalue weighted by Crippen LogP contribution is 2.26. The normalized spacial score (nSPS) is 15.6. The number of carbonyl (C=O) groups excluding carboxylic acids is 2. The number of benzene rings is 1. The van der Waals surface area contributed by atoms with Gasteiger partial charge >= 0.3 is 5.97 Å². The molecule has 0 radical (unpaired) electrons. The zero-order valence-electron chi connectivity index (χ0n) is 18.8. The van der Waals surface area contributed by atoms with Gasteiger partial charge in [-0.2, -0.15) is 0 Å². The van der Waals surface area contributed by atoms with Gasteiger partial charge in [0.05, 0.1) is 18.4 Å². The summed E-state index contributed by atoms with van der Waals surface area (Å²) in [5.74, 6) is -0.0357. The Morgan fingerprint density at radius 3 is 2.71 bits per heavy atom. The minimum atomic E-state index is -0.420. The first-order valence-electron chi connectivity index (χ1n) is 11.1. The van der Waals surface area contributed by atoms with Gasteiger partial charge in [-0.15, -0.1) is 0 Å². The average molecular weight is 464 g/mol. The number of aromatic nitrogens is 3. The van der Waals surface area contributed by atoms with Crippen LogP contribution >= 0.6 is 0 Å². The van der Waals surface area contributed by atoms with Crippen molar-refractivity contribution in [3.05, 3.63) is 71.9 Å². The van der Waals surface area contributed by atoms with Crippen LogP contribution in [0.2, 0.25) is 0 Å². The molecule has 34 heavy (non-hydrogen) atoms. The summed E-state index contributed by atoms with van der Waals surface area (Å²) in [6.07, 6.45) is 6.11. The Morgan fingerprint density at radius 1 is 1.15 bits per heavy atom. The van der Waals surface area contributed by atoms with Gasteiger partial charge in [0, 0.05) is 50.0 Å². The maximum Gasteiger partial charge on any atom is 0.302 e. The molecule has 1 aliphatic heterocycles. The van der Waals surface area contributed by atoms with Gasteiger partial charge in [-0.1, -0.05) is 6.07 Å². The molecule has 1 unspecified atom stereocenters. The standard InChI is InChI=1S/C25H25FN4O4/c1-17(31)33-15-18-5-7-21(24-27-9-3-10-28-24)22(12-18)25(32)30-11-2-4-19(14-30)16-34-23-8-6-20(26)13-29-23/h3,5-10,12-13,19H,2,4,11,14-16H2,1H3. The van der Waals surface area contributed by atoms with E-state index in [1.54, 1.807) is 41.6 Å². The molecule has 1 fully saturated rings. The van der Waals surface area contributed by atoms with Crippen LogP contribution in [0.5, 0.6) is 5.88 Å². The second kappa shape index (κ2) is 10.8. The molecule has 1 amide bonds. The number of ether oxygens (including phenoxy) is 2. The van der Waals surface area contributed by atoms with Crippen LogP contribution in [0, 0.1) is 11.7 Å². The predicted octanol–water partition coefficient (Wildman–Crippen LogP) is 3.67. The van der Waals surface area contributed by atoms with Crippen LogP contribution in [0.25, 0.3) is 11.4 Å². The van der Waals surface area contributed by atoms with E-state index in [2.05, 4.69) is 15.0 Å². The van der Waals surface area contributed by atoms with E-state index in [0.29, 0.717) is 48.1 Å². The predicted molar refractivity (Wildman–Crippen MR) is 121 cm³/mol. The van der Waals surface area contributed by atoms with Gasteiger partial charge in [-0.25, -0.2) is 19.3 Å². The van der Waals surface area contributed by atoms with Crippen LogP contribution in [0.15, 0.2) is 55.0 Å². The molecular weight excluding hydrogens is 439 g/mol. The maximum absolute atomic E-state index is 13.6. The Labute approximate surface area is 196 Å². The number of hydrogen-bond donors (Lipinski definition) is 0. The smallest absolute Gasteiger partial charge is 0.302 e. The lowest BCUT2D eigenvalue weighted by Crippen LogP contribution is -2.41. The monoisotopic (exact) mass is 464 g/mol. The summed E-state index contributed by atoms with van der Waals surface area (Å²) < 4.78 is 23.9. The second-order valence-electron chi connectivity index (χ2n) is 8.12. The number of hydrogen-bond acceptors (Lipinski definition) is 7. The fourth-order valence-corrected chi connectivity index (χ4v) is 3.88. The third-order valence-corrected chi connectivity index (χ3v) is 5.54. The summed E-state index contributed by atoms with van der Waals surface area (Å²) in [7, 11) is 0. The molecule has 3 aromatic rings. The first-order valence-corrected chi connectivity index (χ1v) is 11.1. The molecule has 1 aliphatic rings. The van der Waals surface area contributed by atoms with E-state index in [0.717, 1.165) is 19.0 Å². The number of nitrogens with zero attached hydrogens (tertiary/aromatic N) is 4. The van der Waals surface area contributed by atoms with Gasteiger partial charge in [-0.05, 0) is 42.7 Å². The molecule has 0 aliphatic carbocycles. The lowest BCUT2D eigenvalue weighted by atomic mass is 9.96. The van der Waals surface area contributed by atoms with Gasteiger partial charge < -0.3 is 14.4 Å². The van der Waals surface area contributed by atoms with Crippen LogP contribution in [0.3, 0.4) is 0 Å². The lowest BCUT2D eigenvalue weighted by molar-refractivity contribution is -0.142. The number of piperidine rings is 1. The number of likely N-dealkylation sites (tertiary alicyclic amines) is 1. The molecule has 1 saturated heterocycles. The van der Waals surface area contributed by atoms with E-state index >= 15 is 0 Å². The molecular formula is C25H25FN4O4. The number of amides is 1. The van der Waals surface area contributed by atoms with Gasteiger partial charge in [0.1, 0.15) is 12.4 Å². The van der Waals surface area contributed by atoms with Gasteiger partial charge in [-0.3, -0.25) is 9.59 Å². The van der Waals surface area contributed by atoms with Crippen LogP contribution in [-0.4, -0.2) is 51.4 Å². The molecule has 0 N–H and O–H groups in total. The topological polar surface area (TPSA) is 94.5 Å². The zero-order valence-corrected chi connectivity index (χ0v) is 18.8. The van der Waals surface area contributed by atoms with Crippen molar-refractivity contribution >= 4 is 11.9 Å². The SMILES string of the molecule is CC(=O)OCc1ccc(-c2ncccn2)c(C(=O)N2CCCC(COc3ccc(F)cn3)C2)c1. The third kappa shape index (κ3) is 5.92. The number of carbonyl (C=O) groups is 2. The van der Waals surface area contributed by atoms with Crippen molar-refractivity contribution in [3.8, 4) is 17.3 Å². The second-order valence-corrected chi connectivity index (χ2v) is 8.12. The van der Waals surface area contributed by atoms with Crippen LogP contribution in [0.1, 0.15) is 35.7 Å². The van der Waals surface area contributed by atoms with Crippen molar-refractivity contribution in [3.63, 3.8) is 0 Å². The largest absolute Gasteiger partial charge is 0.477 e. The van der Waals surface area contributed by atoms with E-state index in [1.165, 1.54) is 19.1 Å². The molecule has 1 aromatic carbocycles. The van der Waals surface area contributed by atoms with E-state index < -0.39 is 11.8 Å². The molecule has 0 bridgehead atoms. The summed E-state index contributed by atoms with van der Waals surface area (Å²) in [4.78, 5) is 39.2. The van der Waals surface area contributed by atoms with Crippen molar-refractivity contribution in [2.45, 2.75) is 26.4 Å². The van der Waals surface area contributed by atoms with Gasteiger partial charge in [0.2, 0.25) is 5.88 Å². The minimum absolute atomic E-state index is 0.0761. The van der Waals surface area contributed by atoms with Crippen LogP contribution in [-0.2, 0) is 16.1 Å². The number of pyridine rings is 1. The van der Waals surface area contributed by atoms with Crippen molar-refractivity contribution in [2.75, 3.05) is 19.7 Å². The lowest BCUT2D eigenvalue weighted by Gasteiger charge is -2.33. The number of rotatable bonds is 7. The molecule has 9 heteroatoms. The Kier molecular flexibility index (Phi) is 7.41. The molecule has 1 atom stereocenters. The van der Waals surface area contributed by atoms with Crippen molar-refractivity contribution in [1.82, 2.24) is 19.9 Å². The van der Waals surface area contributed by atoms with Crippen LogP contribution in [0.4, 0.5) is 4.39 Å². The average Bonchev–Trinajstić information content (AvgIpc) is 2.87. The first-order chi connectivity index (χ1) is 16.5. The third-order valence-electron chi connectivity index (χ3n) is 5.54. The summed E-state index contributed by atoms with van der Waals surface area (Å²) in [6.45, 7) is 2.93. The molecule has 8 nitrogen and oxygen atoms in total. The summed E-state index contributed by atoms with van der Waals surface area (Å²) in [6, 6.07) is 9.82. The highest BCUT2D eigenvalue weighted by molar-refractivity contribution is 6.00. The number of esters is 1. The maximum atomic E-state index is 13.6. The summed E-state index contributed by atoms with van der Waals surface area (Å²) in [5.41, 5.74) is 1.78. The van der Waals surface area contributed by atoms with E-state index in [4.69, 9.17) is 9.47 Å². The van der Waals surface area contributed by atoms with Crippen molar-refractivity contribution in [1.29, 1.82) is 0 Å². The summed E-state index contributed by atoms with van der Waals surface area (Å²) in [5, 5.41) is 0. The first kappa shape index (κ1) is 23.3. The minimum Gasteiger partial charge on any atom is -0.477 e. The van der Waals surface area contributed by atoms with Crippen molar-refractivity contribution in [2.24, 2.45) is 5.92 Å². The van der Waals surface area contributed by atoms with Gasteiger partial charge in [0.25, 0.3) is 5.91 Å². The van der Waals surface area contributed by atoms with Gasteiger partial charge in [0.15, 0.2) is 5.82 Å². The molecule has 176 valence electrons. The van der Waals surface area contributed by atoms with E-state index in [-0.39, 0.29) is 18.4 Å². The Bertz CT molecular complexity index is 1140. The molecule has 0 saturated carbocycles. The van der Waals surface area contributed by atoms with E-state index in [1.807, 2.05) is 0 Å². The Hall–Kier alpha value is -3.88. The highest BCUT2D eigenvalue weighted by Gasteiger charge is 2.27. The van der Waals surface area contributed by atoms with E-state index in [9.17, 15) is 14.0 Å². The molecule has 0 spiro atoms. The summed E-state index contributed by atoms with van der Waals surface area (Å²) >= 11 is 0. The zero-order chi connectivity index (χ0) is 23.9. The fourth-order valence-electron chi connectivity index (χ4n) is 3.88. The Balaban J connectivity index is 1.52. The fraction of sp³-hybridized carbons (Fsp3) is 0.320. The van der Waals surface area contributed by atoms with Crippen LogP contribution < -0.4 is 4.74 Å². The quantitative estimate of drug-likeness (QED) is 0.493. The number of halogens is 1. The Morgan fingerprint density at radius 2 is 1.97 bits per heavy atom.